The molecule has 0 spiro atoms. The number of carboxylic acids is 1. The van der Waals surface area contributed by atoms with Crippen molar-refractivity contribution in [1.82, 2.24) is 9.03 Å². The minimum atomic E-state index is -3.34. The van der Waals surface area contributed by atoms with Gasteiger partial charge in [-0.05, 0) is 5.92 Å². The molecule has 1 aliphatic heterocycles. The van der Waals surface area contributed by atoms with Gasteiger partial charge in [0.25, 0.3) is 10.2 Å². The average Bonchev–Trinajstić information content (AvgIpc) is 1.95. The maximum absolute atomic E-state index is 11.1. The van der Waals surface area contributed by atoms with Gasteiger partial charge in [0, 0.05) is 20.1 Å². The second-order valence-electron chi connectivity index (χ2n) is 2.99. The summed E-state index contributed by atoms with van der Waals surface area (Å²) in [7, 11) is -2.01. The summed E-state index contributed by atoms with van der Waals surface area (Å²) < 4.78 is 25.6. The lowest BCUT2D eigenvalue weighted by Gasteiger charge is -2.36. The minimum Gasteiger partial charge on any atom is -0.481 e. The molecule has 13 heavy (non-hydrogen) atoms. The first-order valence-electron chi connectivity index (χ1n) is 3.86. The third-order valence-electron chi connectivity index (χ3n) is 1.98. The van der Waals surface area contributed by atoms with Gasteiger partial charge in [-0.2, -0.15) is 12.7 Å². The predicted molar refractivity (Wildman–Crippen MR) is 45.3 cm³/mol. The molecule has 0 aliphatic carbocycles. The molecule has 0 amide bonds. The van der Waals surface area contributed by atoms with Crippen LogP contribution in [-0.2, 0) is 15.0 Å². The van der Waals surface area contributed by atoms with Crippen molar-refractivity contribution in [3.63, 3.8) is 0 Å². The van der Waals surface area contributed by atoms with Crippen molar-refractivity contribution in [3.05, 3.63) is 0 Å². The van der Waals surface area contributed by atoms with E-state index in [-0.39, 0.29) is 12.3 Å². The van der Waals surface area contributed by atoms with Gasteiger partial charge in [0.15, 0.2) is 0 Å². The first-order chi connectivity index (χ1) is 5.95. The third kappa shape index (κ3) is 2.39. The van der Waals surface area contributed by atoms with Crippen LogP contribution in [0.5, 0.6) is 0 Å². The van der Waals surface area contributed by atoms with Gasteiger partial charge in [-0.1, -0.05) is 0 Å². The van der Waals surface area contributed by atoms with E-state index in [1.165, 1.54) is 11.4 Å². The molecule has 0 radical (unpaired) electrons. The second kappa shape index (κ2) is 3.60. The second-order valence-corrected chi connectivity index (χ2v) is 4.86. The molecule has 76 valence electrons. The molecule has 1 saturated heterocycles. The molecule has 2 N–H and O–H groups in total. The van der Waals surface area contributed by atoms with E-state index in [4.69, 9.17) is 5.11 Å². The van der Waals surface area contributed by atoms with Crippen molar-refractivity contribution >= 4 is 16.2 Å². The fourth-order valence-corrected chi connectivity index (χ4v) is 2.30. The minimum absolute atomic E-state index is 0.0374. The van der Waals surface area contributed by atoms with E-state index >= 15 is 0 Å². The van der Waals surface area contributed by atoms with E-state index in [0.717, 1.165) is 0 Å². The maximum Gasteiger partial charge on any atom is 0.303 e. The number of hydrogen-bond donors (Lipinski definition) is 2. The van der Waals surface area contributed by atoms with Gasteiger partial charge in [0.05, 0.1) is 6.42 Å². The first kappa shape index (κ1) is 10.4. The number of carbonyl (C=O) groups is 1. The van der Waals surface area contributed by atoms with Gasteiger partial charge in [-0.15, -0.1) is 0 Å². The maximum atomic E-state index is 11.1. The highest BCUT2D eigenvalue weighted by molar-refractivity contribution is 7.87. The third-order valence-corrected chi connectivity index (χ3v) is 3.48. The standard InChI is InChI=1S/C6H12N2O4S/c1-7-13(11,12)8-3-5(4-8)2-6(9)10/h5,7H,2-4H2,1H3,(H,9,10). The highest BCUT2D eigenvalue weighted by Gasteiger charge is 2.35. The van der Waals surface area contributed by atoms with Crippen molar-refractivity contribution < 1.29 is 18.3 Å². The van der Waals surface area contributed by atoms with E-state index in [1.54, 1.807) is 0 Å². The molecule has 6 nitrogen and oxygen atoms in total. The SMILES string of the molecule is CNS(=O)(=O)N1CC(CC(=O)O)C1. The molecular formula is C6H12N2O4S. The summed E-state index contributed by atoms with van der Waals surface area (Å²) in [5.41, 5.74) is 0. The molecule has 0 unspecified atom stereocenters. The number of nitrogens with zero attached hydrogens (tertiary/aromatic N) is 1. The number of aliphatic carboxylic acids is 1. The Morgan fingerprint density at radius 2 is 2.15 bits per heavy atom. The fourth-order valence-electron chi connectivity index (χ4n) is 1.22. The molecule has 0 atom stereocenters. The number of nitrogens with one attached hydrogen (secondary N) is 1. The topological polar surface area (TPSA) is 86.7 Å². The van der Waals surface area contributed by atoms with Crippen LogP contribution in [0.15, 0.2) is 0 Å². The van der Waals surface area contributed by atoms with Crippen LogP contribution in [0.4, 0.5) is 0 Å². The lowest BCUT2D eigenvalue weighted by molar-refractivity contribution is -0.139. The van der Waals surface area contributed by atoms with Crippen molar-refractivity contribution in [3.8, 4) is 0 Å². The van der Waals surface area contributed by atoms with Crippen LogP contribution in [0.3, 0.4) is 0 Å². The quantitative estimate of drug-likeness (QED) is 0.611. The van der Waals surface area contributed by atoms with Gasteiger partial charge >= 0.3 is 5.97 Å². The Bertz CT molecular complexity index is 294. The van der Waals surface area contributed by atoms with E-state index in [2.05, 4.69) is 4.72 Å². The summed E-state index contributed by atoms with van der Waals surface area (Å²) in [5, 5.41) is 8.41. The van der Waals surface area contributed by atoms with E-state index in [9.17, 15) is 13.2 Å². The van der Waals surface area contributed by atoms with E-state index in [1.807, 2.05) is 0 Å². The summed E-state index contributed by atoms with van der Waals surface area (Å²) in [6.45, 7) is 0.602. The van der Waals surface area contributed by atoms with Crippen LogP contribution in [0, 0.1) is 5.92 Å². The largest absolute Gasteiger partial charge is 0.481 e. The van der Waals surface area contributed by atoms with Gasteiger partial charge in [0.2, 0.25) is 0 Å². The van der Waals surface area contributed by atoms with Gasteiger partial charge < -0.3 is 5.11 Å². The average molecular weight is 208 g/mol. The van der Waals surface area contributed by atoms with Crippen molar-refractivity contribution in [1.29, 1.82) is 0 Å². The molecule has 1 aliphatic rings. The molecule has 0 saturated carbocycles. The molecule has 7 heteroatoms. The van der Waals surface area contributed by atoms with E-state index in [0.29, 0.717) is 13.1 Å². The molecule has 1 heterocycles. The van der Waals surface area contributed by atoms with Gasteiger partial charge in [0.1, 0.15) is 0 Å². The Hall–Kier alpha value is -0.660. The zero-order chi connectivity index (χ0) is 10.1. The molecular weight excluding hydrogens is 196 g/mol. The highest BCUT2D eigenvalue weighted by atomic mass is 32.2. The normalized spacial score (nSPS) is 19.8. The van der Waals surface area contributed by atoms with Crippen molar-refractivity contribution in [2.24, 2.45) is 5.92 Å². The lowest BCUT2D eigenvalue weighted by atomic mass is 10.00. The molecule has 1 fully saturated rings. The number of hydrogen-bond acceptors (Lipinski definition) is 3. The lowest BCUT2D eigenvalue weighted by Crippen LogP contribution is -2.53. The zero-order valence-corrected chi connectivity index (χ0v) is 8.04. The molecule has 0 aromatic heterocycles. The Balaban J connectivity index is 2.38. The highest BCUT2D eigenvalue weighted by Crippen LogP contribution is 2.21. The summed E-state index contributed by atoms with van der Waals surface area (Å²) in [6, 6.07) is 0. The van der Waals surface area contributed by atoms with Crippen LogP contribution in [0.2, 0.25) is 0 Å². The monoisotopic (exact) mass is 208 g/mol. The molecule has 1 rings (SSSR count). The van der Waals surface area contributed by atoms with Crippen LogP contribution >= 0.6 is 0 Å². The fraction of sp³-hybridized carbons (Fsp3) is 0.833. The smallest absolute Gasteiger partial charge is 0.303 e. The van der Waals surface area contributed by atoms with Crippen molar-refractivity contribution in [2.45, 2.75) is 6.42 Å². The van der Waals surface area contributed by atoms with Gasteiger partial charge in [-0.3, -0.25) is 4.79 Å². The summed E-state index contributed by atoms with van der Waals surface area (Å²) in [4.78, 5) is 10.2. The van der Waals surface area contributed by atoms with Crippen LogP contribution in [-0.4, -0.2) is 43.9 Å². The van der Waals surface area contributed by atoms with Crippen LogP contribution in [0.1, 0.15) is 6.42 Å². The summed E-state index contributed by atoms with van der Waals surface area (Å²) >= 11 is 0. The summed E-state index contributed by atoms with van der Waals surface area (Å²) in [5.74, 6) is -0.924. The van der Waals surface area contributed by atoms with Crippen molar-refractivity contribution in [2.75, 3.05) is 20.1 Å². The molecule has 0 aromatic carbocycles. The van der Waals surface area contributed by atoms with Crippen LogP contribution in [0.25, 0.3) is 0 Å². The Morgan fingerprint density at radius 1 is 1.62 bits per heavy atom. The predicted octanol–water partition coefficient (Wildman–Crippen LogP) is -1.14. The summed E-state index contributed by atoms with van der Waals surface area (Å²) in [6.07, 6.45) is 0.0374. The van der Waals surface area contributed by atoms with Crippen LogP contribution < -0.4 is 4.72 Å². The number of rotatable bonds is 4. The zero-order valence-electron chi connectivity index (χ0n) is 7.23. The Morgan fingerprint density at radius 3 is 2.54 bits per heavy atom. The Kier molecular flexibility index (Phi) is 2.89. The molecule has 0 aromatic rings. The first-order valence-corrected chi connectivity index (χ1v) is 5.30. The Labute approximate surface area is 76.7 Å². The van der Waals surface area contributed by atoms with Gasteiger partial charge in [-0.25, -0.2) is 4.72 Å². The number of carboxylic acid groups (broad SMARTS) is 1. The van der Waals surface area contributed by atoms with E-state index < -0.39 is 16.2 Å². The molecule has 0 bridgehead atoms.